The van der Waals surface area contributed by atoms with E-state index in [9.17, 15) is 9.59 Å². The van der Waals surface area contributed by atoms with E-state index in [1.54, 1.807) is 18.2 Å². The van der Waals surface area contributed by atoms with Gasteiger partial charge >= 0.3 is 0 Å². The van der Waals surface area contributed by atoms with Gasteiger partial charge in [0.15, 0.2) is 0 Å². The Labute approximate surface area is 121 Å². The zero-order chi connectivity index (χ0) is 14.5. The standard InChI is InChI=1S/C13H18BrN3O2/c1-13(2,8-15)17-11(18)7-16-12(19)9-4-3-5-10(14)6-9/h3-6H,7-8,15H2,1-2H3,(H,16,19)(H,17,18). The smallest absolute Gasteiger partial charge is 0.251 e. The lowest BCUT2D eigenvalue weighted by atomic mass is 10.1. The molecule has 1 rings (SSSR count). The maximum Gasteiger partial charge on any atom is 0.251 e. The first-order chi connectivity index (χ1) is 8.84. The van der Waals surface area contributed by atoms with Crippen molar-refractivity contribution in [3.05, 3.63) is 34.3 Å². The fourth-order valence-electron chi connectivity index (χ4n) is 1.36. The van der Waals surface area contributed by atoms with Crippen LogP contribution in [0.15, 0.2) is 28.7 Å². The van der Waals surface area contributed by atoms with Crippen LogP contribution >= 0.6 is 15.9 Å². The Bertz CT molecular complexity index is 475. The lowest BCUT2D eigenvalue weighted by molar-refractivity contribution is -0.121. The Morgan fingerprint density at radius 3 is 2.63 bits per heavy atom. The van der Waals surface area contributed by atoms with Crippen LogP contribution in [-0.2, 0) is 4.79 Å². The van der Waals surface area contributed by atoms with Crippen LogP contribution < -0.4 is 16.4 Å². The van der Waals surface area contributed by atoms with Crippen LogP contribution in [0.25, 0.3) is 0 Å². The molecule has 0 bridgehead atoms. The van der Waals surface area contributed by atoms with Crippen LogP contribution in [0.1, 0.15) is 24.2 Å². The van der Waals surface area contributed by atoms with Gasteiger partial charge in [-0.05, 0) is 32.0 Å². The van der Waals surface area contributed by atoms with Gasteiger partial charge in [0.2, 0.25) is 5.91 Å². The Balaban J connectivity index is 2.49. The van der Waals surface area contributed by atoms with Crippen molar-refractivity contribution in [2.45, 2.75) is 19.4 Å². The maximum absolute atomic E-state index is 11.8. The van der Waals surface area contributed by atoms with Crippen LogP contribution in [0.5, 0.6) is 0 Å². The van der Waals surface area contributed by atoms with Crippen molar-refractivity contribution in [2.75, 3.05) is 13.1 Å². The molecule has 0 spiro atoms. The summed E-state index contributed by atoms with van der Waals surface area (Å²) in [5.41, 5.74) is 5.54. The van der Waals surface area contributed by atoms with Gasteiger partial charge in [-0.1, -0.05) is 22.0 Å². The molecule has 19 heavy (non-hydrogen) atoms. The number of hydrogen-bond acceptors (Lipinski definition) is 3. The Hall–Kier alpha value is -1.40. The number of hydrogen-bond donors (Lipinski definition) is 3. The number of amides is 2. The SMILES string of the molecule is CC(C)(CN)NC(=O)CNC(=O)c1cccc(Br)c1. The molecule has 0 heterocycles. The number of nitrogens with one attached hydrogen (secondary N) is 2. The first-order valence-electron chi connectivity index (χ1n) is 5.89. The Morgan fingerprint density at radius 1 is 1.37 bits per heavy atom. The van der Waals surface area contributed by atoms with Gasteiger partial charge in [-0.3, -0.25) is 9.59 Å². The van der Waals surface area contributed by atoms with E-state index in [0.717, 1.165) is 4.47 Å². The summed E-state index contributed by atoms with van der Waals surface area (Å²) in [6.07, 6.45) is 0. The van der Waals surface area contributed by atoms with Crippen molar-refractivity contribution in [1.82, 2.24) is 10.6 Å². The van der Waals surface area contributed by atoms with Gasteiger partial charge in [0.25, 0.3) is 5.91 Å². The highest BCUT2D eigenvalue weighted by Gasteiger charge is 2.18. The molecular formula is C13H18BrN3O2. The normalized spacial score (nSPS) is 10.9. The molecule has 0 aliphatic heterocycles. The predicted octanol–water partition coefficient (Wildman–Crippen LogP) is 1.03. The van der Waals surface area contributed by atoms with Gasteiger partial charge in [0, 0.05) is 22.1 Å². The topological polar surface area (TPSA) is 84.2 Å². The van der Waals surface area contributed by atoms with E-state index in [1.807, 2.05) is 19.9 Å². The third-order valence-corrected chi connectivity index (χ3v) is 2.98. The van der Waals surface area contributed by atoms with Gasteiger partial charge in [-0.2, -0.15) is 0 Å². The van der Waals surface area contributed by atoms with Crippen LogP contribution in [0.3, 0.4) is 0 Å². The van der Waals surface area contributed by atoms with E-state index in [1.165, 1.54) is 0 Å². The number of rotatable bonds is 5. The number of carbonyl (C=O) groups is 2. The molecule has 0 saturated heterocycles. The Morgan fingerprint density at radius 2 is 2.05 bits per heavy atom. The molecule has 0 fully saturated rings. The van der Waals surface area contributed by atoms with E-state index in [2.05, 4.69) is 26.6 Å². The minimum absolute atomic E-state index is 0.0746. The predicted molar refractivity (Wildman–Crippen MR) is 77.8 cm³/mol. The quantitative estimate of drug-likeness (QED) is 0.755. The Kier molecular flexibility index (Phi) is 5.50. The molecule has 1 aromatic carbocycles. The van der Waals surface area contributed by atoms with E-state index in [0.29, 0.717) is 12.1 Å². The van der Waals surface area contributed by atoms with Crippen molar-refractivity contribution < 1.29 is 9.59 Å². The largest absolute Gasteiger partial charge is 0.348 e. The number of nitrogens with two attached hydrogens (primary N) is 1. The summed E-state index contributed by atoms with van der Waals surface area (Å²) in [6.45, 7) is 3.90. The van der Waals surface area contributed by atoms with E-state index in [-0.39, 0.29) is 18.4 Å². The highest BCUT2D eigenvalue weighted by molar-refractivity contribution is 9.10. The number of carbonyl (C=O) groups excluding carboxylic acids is 2. The molecule has 2 amide bonds. The average Bonchev–Trinajstić information content (AvgIpc) is 2.35. The summed E-state index contributed by atoms with van der Waals surface area (Å²) in [5, 5.41) is 5.30. The summed E-state index contributed by atoms with van der Waals surface area (Å²) in [4.78, 5) is 23.4. The van der Waals surface area contributed by atoms with Crippen molar-refractivity contribution >= 4 is 27.7 Å². The minimum atomic E-state index is -0.475. The van der Waals surface area contributed by atoms with Crippen molar-refractivity contribution in [3.8, 4) is 0 Å². The lowest BCUT2D eigenvalue weighted by Crippen LogP contribution is -2.51. The molecule has 0 aliphatic carbocycles. The number of benzene rings is 1. The molecule has 5 nitrogen and oxygen atoms in total. The zero-order valence-electron chi connectivity index (χ0n) is 11.0. The van der Waals surface area contributed by atoms with E-state index in [4.69, 9.17) is 5.73 Å². The molecule has 0 atom stereocenters. The summed E-state index contributed by atoms with van der Waals surface area (Å²) < 4.78 is 0.814. The first kappa shape index (κ1) is 15.7. The van der Waals surface area contributed by atoms with Gasteiger partial charge in [-0.15, -0.1) is 0 Å². The van der Waals surface area contributed by atoms with Crippen molar-refractivity contribution in [1.29, 1.82) is 0 Å². The molecule has 0 unspecified atom stereocenters. The lowest BCUT2D eigenvalue weighted by Gasteiger charge is -2.24. The van der Waals surface area contributed by atoms with Crippen molar-refractivity contribution in [2.24, 2.45) is 5.73 Å². The van der Waals surface area contributed by atoms with Crippen LogP contribution in [0, 0.1) is 0 Å². The molecule has 0 radical (unpaired) electrons. The van der Waals surface area contributed by atoms with Crippen LogP contribution in [0.2, 0.25) is 0 Å². The fraction of sp³-hybridized carbons (Fsp3) is 0.385. The second kappa shape index (κ2) is 6.68. The summed E-state index contributed by atoms with van der Waals surface area (Å²) in [7, 11) is 0. The fourth-order valence-corrected chi connectivity index (χ4v) is 1.76. The monoisotopic (exact) mass is 327 g/mol. The third-order valence-electron chi connectivity index (χ3n) is 2.48. The second-order valence-electron chi connectivity index (χ2n) is 4.83. The maximum atomic E-state index is 11.8. The molecule has 0 saturated carbocycles. The van der Waals surface area contributed by atoms with E-state index >= 15 is 0 Å². The molecule has 0 aromatic heterocycles. The zero-order valence-corrected chi connectivity index (χ0v) is 12.6. The van der Waals surface area contributed by atoms with Crippen LogP contribution in [-0.4, -0.2) is 30.4 Å². The summed E-state index contributed by atoms with van der Waals surface area (Å²) in [5.74, 6) is -0.555. The highest BCUT2D eigenvalue weighted by Crippen LogP contribution is 2.11. The first-order valence-corrected chi connectivity index (χ1v) is 6.68. The summed E-state index contributed by atoms with van der Waals surface area (Å²) in [6, 6.07) is 6.96. The summed E-state index contributed by atoms with van der Waals surface area (Å²) >= 11 is 3.29. The minimum Gasteiger partial charge on any atom is -0.348 e. The van der Waals surface area contributed by atoms with Crippen LogP contribution in [0.4, 0.5) is 0 Å². The molecule has 104 valence electrons. The second-order valence-corrected chi connectivity index (χ2v) is 5.74. The van der Waals surface area contributed by atoms with E-state index < -0.39 is 5.54 Å². The molecule has 1 aromatic rings. The molecule has 0 aliphatic rings. The van der Waals surface area contributed by atoms with Gasteiger partial charge in [0.1, 0.15) is 0 Å². The van der Waals surface area contributed by atoms with Crippen molar-refractivity contribution in [3.63, 3.8) is 0 Å². The van der Waals surface area contributed by atoms with Gasteiger partial charge in [0.05, 0.1) is 6.54 Å². The molecular weight excluding hydrogens is 310 g/mol. The van der Waals surface area contributed by atoms with Gasteiger partial charge in [-0.25, -0.2) is 0 Å². The molecule has 6 heteroatoms. The average molecular weight is 328 g/mol. The third kappa shape index (κ3) is 5.40. The molecule has 4 N–H and O–H groups in total. The highest BCUT2D eigenvalue weighted by atomic mass is 79.9. The van der Waals surface area contributed by atoms with Gasteiger partial charge < -0.3 is 16.4 Å². The number of halogens is 1.